The van der Waals surface area contributed by atoms with E-state index in [9.17, 15) is 5.11 Å². The van der Waals surface area contributed by atoms with E-state index in [1.54, 1.807) is 6.92 Å². The van der Waals surface area contributed by atoms with Gasteiger partial charge in [0.25, 0.3) is 0 Å². The number of rotatable bonds is 1. The average Bonchev–Trinajstić information content (AvgIpc) is 2.38. The third kappa shape index (κ3) is 1.28. The summed E-state index contributed by atoms with van der Waals surface area (Å²) in [6, 6.07) is 1.85. The van der Waals surface area contributed by atoms with Gasteiger partial charge in [-0.1, -0.05) is 0 Å². The standard InChI is InChI=1S/C7H12N2O/c1-7(10,5-8)6-3-2-4-9-6/h6,9-10H,2-4H2,1H3. The van der Waals surface area contributed by atoms with Crippen molar-refractivity contribution < 1.29 is 5.11 Å². The predicted octanol–water partition coefficient (Wildman–Crippen LogP) is 0.0130. The third-order valence-electron chi connectivity index (χ3n) is 1.97. The Hall–Kier alpha value is -0.590. The van der Waals surface area contributed by atoms with Gasteiger partial charge >= 0.3 is 0 Å². The minimum atomic E-state index is -1.18. The van der Waals surface area contributed by atoms with Crippen LogP contribution < -0.4 is 5.32 Å². The Morgan fingerprint density at radius 2 is 2.50 bits per heavy atom. The normalized spacial score (nSPS) is 31.1. The molecule has 1 rings (SSSR count). The molecule has 1 heterocycles. The fraction of sp³-hybridized carbons (Fsp3) is 0.857. The molecule has 0 bridgehead atoms. The molecule has 1 fully saturated rings. The number of hydrogen-bond donors (Lipinski definition) is 2. The first kappa shape index (κ1) is 7.52. The molecule has 3 nitrogen and oxygen atoms in total. The van der Waals surface area contributed by atoms with Crippen LogP contribution in [0.4, 0.5) is 0 Å². The van der Waals surface area contributed by atoms with Crippen molar-refractivity contribution in [3.05, 3.63) is 0 Å². The van der Waals surface area contributed by atoms with Crippen molar-refractivity contribution in [2.45, 2.75) is 31.4 Å². The van der Waals surface area contributed by atoms with Crippen LogP contribution in [0.1, 0.15) is 19.8 Å². The molecule has 0 aromatic rings. The molecule has 1 aliphatic heterocycles. The van der Waals surface area contributed by atoms with Crippen molar-refractivity contribution in [3.8, 4) is 6.07 Å². The molecular formula is C7H12N2O. The summed E-state index contributed by atoms with van der Waals surface area (Å²) in [5.74, 6) is 0. The van der Waals surface area contributed by atoms with Crippen LogP contribution in [-0.4, -0.2) is 23.3 Å². The monoisotopic (exact) mass is 140 g/mol. The van der Waals surface area contributed by atoms with E-state index in [2.05, 4.69) is 5.32 Å². The molecule has 0 aliphatic carbocycles. The van der Waals surface area contributed by atoms with Gasteiger partial charge in [0, 0.05) is 6.04 Å². The number of nitrogens with zero attached hydrogens (tertiary/aromatic N) is 1. The topological polar surface area (TPSA) is 56.0 Å². The highest BCUT2D eigenvalue weighted by Crippen LogP contribution is 2.17. The number of hydrogen-bond acceptors (Lipinski definition) is 3. The molecule has 0 amide bonds. The molecular weight excluding hydrogens is 128 g/mol. The highest BCUT2D eigenvalue weighted by molar-refractivity contribution is 5.06. The Morgan fingerprint density at radius 3 is 2.90 bits per heavy atom. The summed E-state index contributed by atoms with van der Waals surface area (Å²) >= 11 is 0. The van der Waals surface area contributed by atoms with E-state index < -0.39 is 5.60 Å². The number of nitriles is 1. The minimum absolute atomic E-state index is 0.0301. The second kappa shape index (κ2) is 2.57. The summed E-state index contributed by atoms with van der Waals surface area (Å²) < 4.78 is 0. The number of aliphatic hydroxyl groups is 1. The van der Waals surface area contributed by atoms with E-state index in [1.165, 1.54) is 0 Å². The highest BCUT2D eigenvalue weighted by atomic mass is 16.3. The van der Waals surface area contributed by atoms with Gasteiger partial charge in [0.1, 0.15) is 0 Å². The van der Waals surface area contributed by atoms with E-state index in [1.807, 2.05) is 6.07 Å². The number of nitrogens with one attached hydrogen (secondary N) is 1. The summed E-state index contributed by atoms with van der Waals surface area (Å²) in [5.41, 5.74) is -1.18. The molecule has 1 saturated heterocycles. The Labute approximate surface area is 60.7 Å². The van der Waals surface area contributed by atoms with Gasteiger partial charge in [0.2, 0.25) is 0 Å². The highest BCUT2D eigenvalue weighted by Gasteiger charge is 2.33. The summed E-state index contributed by atoms with van der Waals surface area (Å²) in [7, 11) is 0. The van der Waals surface area contributed by atoms with Gasteiger partial charge in [-0.05, 0) is 26.3 Å². The Morgan fingerprint density at radius 1 is 1.80 bits per heavy atom. The van der Waals surface area contributed by atoms with E-state index in [0.29, 0.717) is 0 Å². The van der Waals surface area contributed by atoms with Crippen LogP contribution >= 0.6 is 0 Å². The summed E-state index contributed by atoms with van der Waals surface area (Å²) in [6.45, 7) is 2.47. The Balaban J connectivity index is 2.56. The van der Waals surface area contributed by atoms with Crippen LogP contribution in [0.15, 0.2) is 0 Å². The van der Waals surface area contributed by atoms with E-state index in [0.717, 1.165) is 19.4 Å². The third-order valence-corrected chi connectivity index (χ3v) is 1.97. The molecule has 10 heavy (non-hydrogen) atoms. The maximum absolute atomic E-state index is 9.40. The van der Waals surface area contributed by atoms with Crippen LogP contribution in [0.5, 0.6) is 0 Å². The van der Waals surface area contributed by atoms with Crippen LogP contribution in [0.25, 0.3) is 0 Å². The summed E-state index contributed by atoms with van der Waals surface area (Å²) in [5, 5.41) is 21.0. The molecule has 0 aromatic heterocycles. The minimum Gasteiger partial charge on any atom is -0.374 e. The van der Waals surface area contributed by atoms with Gasteiger partial charge < -0.3 is 10.4 Å². The second-order valence-electron chi connectivity index (χ2n) is 2.91. The molecule has 3 heteroatoms. The van der Waals surface area contributed by atoms with Crippen molar-refractivity contribution in [1.82, 2.24) is 5.32 Å². The van der Waals surface area contributed by atoms with Gasteiger partial charge in [0.05, 0.1) is 6.07 Å². The van der Waals surface area contributed by atoms with Crippen LogP contribution in [0.2, 0.25) is 0 Å². The lowest BCUT2D eigenvalue weighted by molar-refractivity contribution is 0.0821. The fourth-order valence-electron chi connectivity index (χ4n) is 1.24. The van der Waals surface area contributed by atoms with Crippen molar-refractivity contribution in [1.29, 1.82) is 5.26 Å². The Bertz CT molecular complexity index is 153. The molecule has 0 radical (unpaired) electrons. The lowest BCUT2D eigenvalue weighted by Crippen LogP contribution is -2.43. The van der Waals surface area contributed by atoms with Crippen molar-refractivity contribution in [2.24, 2.45) is 0 Å². The summed E-state index contributed by atoms with van der Waals surface area (Å²) in [4.78, 5) is 0. The van der Waals surface area contributed by atoms with Crippen molar-refractivity contribution >= 4 is 0 Å². The van der Waals surface area contributed by atoms with Gasteiger partial charge in [-0.25, -0.2) is 0 Å². The van der Waals surface area contributed by atoms with Crippen LogP contribution in [0, 0.1) is 11.3 Å². The average molecular weight is 140 g/mol. The zero-order chi connectivity index (χ0) is 7.61. The molecule has 2 unspecified atom stereocenters. The summed E-state index contributed by atoms with van der Waals surface area (Å²) in [6.07, 6.45) is 1.96. The SMILES string of the molecule is CC(O)(C#N)C1CCCN1. The first-order valence-corrected chi connectivity index (χ1v) is 3.54. The maximum atomic E-state index is 9.40. The van der Waals surface area contributed by atoms with Gasteiger partial charge in [-0.2, -0.15) is 5.26 Å². The van der Waals surface area contributed by atoms with Crippen LogP contribution in [0.3, 0.4) is 0 Å². The van der Waals surface area contributed by atoms with Crippen molar-refractivity contribution in [3.63, 3.8) is 0 Å². The lowest BCUT2D eigenvalue weighted by Gasteiger charge is -2.21. The quantitative estimate of drug-likeness (QED) is 0.504. The molecule has 0 spiro atoms. The van der Waals surface area contributed by atoms with Gasteiger partial charge in [-0.3, -0.25) is 0 Å². The van der Waals surface area contributed by atoms with Crippen molar-refractivity contribution in [2.75, 3.05) is 6.54 Å². The molecule has 0 aromatic carbocycles. The molecule has 1 aliphatic rings. The molecule has 0 saturated carbocycles. The zero-order valence-electron chi connectivity index (χ0n) is 6.09. The largest absolute Gasteiger partial charge is 0.374 e. The predicted molar refractivity (Wildman–Crippen MR) is 37.3 cm³/mol. The molecule has 2 atom stereocenters. The zero-order valence-corrected chi connectivity index (χ0v) is 6.09. The Kier molecular flexibility index (Phi) is 1.93. The molecule has 56 valence electrons. The van der Waals surface area contributed by atoms with Gasteiger partial charge in [0.15, 0.2) is 5.60 Å². The first-order valence-electron chi connectivity index (χ1n) is 3.54. The van der Waals surface area contributed by atoms with E-state index in [4.69, 9.17) is 5.26 Å². The van der Waals surface area contributed by atoms with E-state index >= 15 is 0 Å². The van der Waals surface area contributed by atoms with Crippen LogP contribution in [-0.2, 0) is 0 Å². The second-order valence-corrected chi connectivity index (χ2v) is 2.91. The lowest BCUT2D eigenvalue weighted by atomic mass is 9.97. The van der Waals surface area contributed by atoms with Gasteiger partial charge in [-0.15, -0.1) is 0 Å². The van der Waals surface area contributed by atoms with E-state index in [-0.39, 0.29) is 6.04 Å². The first-order chi connectivity index (χ1) is 4.67. The molecule has 2 N–H and O–H groups in total. The smallest absolute Gasteiger partial charge is 0.163 e. The fourth-order valence-corrected chi connectivity index (χ4v) is 1.24. The maximum Gasteiger partial charge on any atom is 0.163 e.